The summed E-state index contributed by atoms with van der Waals surface area (Å²) in [6.45, 7) is 5.62. The molecule has 0 saturated heterocycles. The summed E-state index contributed by atoms with van der Waals surface area (Å²) in [5.74, 6) is -0.567. The fourth-order valence-electron chi connectivity index (χ4n) is 4.30. The first-order valence-corrected chi connectivity index (χ1v) is 12.1. The third kappa shape index (κ3) is 4.00. The predicted octanol–water partition coefficient (Wildman–Crippen LogP) is 3.52. The van der Waals surface area contributed by atoms with Gasteiger partial charge in [-0.2, -0.15) is 5.10 Å². The van der Waals surface area contributed by atoms with Crippen LogP contribution in [0.2, 0.25) is 0 Å². The fraction of sp³-hybridized carbons (Fsp3) is 0.304. The van der Waals surface area contributed by atoms with Gasteiger partial charge in [0.25, 0.3) is 5.91 Å². The van der Waals surface area contributed by atoms with Crippen molar-refractivity contribution in [3.63, 3.8) is 0 Å². The molecule has 168 valence electrons. The molecule has 0 radical (unpaired) electrons. The first-order chi connectivity index (χ1) is 15.1. The van der Waals surface area contributed by atoms with E-state index in [1.54, 1.807) is 41.2 Å². The topological polar surface area (TPSA) is 84.3 Å². The van der Waals surface area contributed by atoms with E-state index >= 15 is 0 Å². The van der Waals surface area contributed by atoms with Gasteiger partial charge >= 0.3 is 0 Å². The van der Waals surface area contributed by atoms with Crippen LogP contribution < -0.4 is 9.62 Å². The van der Waals surface area contributed by atoms with E-state index in [2.05, 4.69) is 10.4 Å². The zero-order valence-corrected chi connectivity index (χ0v) is 19.1. The van der Waals surface area contributed by atoms with Crippen LogP contribution in [0.3, 0.4) is 0 Å². The predicted molar refractivity (Wildman–Crippen MR) is 121 cm³/mol. The maximum atomic E-state index is 13.2. The van der Waals surface area contributed by atoms with Gasteiger partial charge in [0.1, 0.15) is 5.82 Å². The Labute approximate surface area is 186 Å². The van der Waals surface area contributed by atoms with Gasteiger partial charge in [0.2, 0.25) is 10.0 Å². The van der Waals surface area contributed by atoms with E-state index < -0.39 is 10.0 Å². The molecule has 0 aliphatic carbocycles. The van der Waals surface area contributed by atoms with E-state index in [0.717, 1.165) is 22.5 Å². The van der Waals surface area contributed by atoms with Crippen LogP contribution in [0, 0.1) is 12.7 Å². The molecule has 2 aromatic carbocycles. The molecule has 7 nitrogen and oxygen atoms in total. The molecule has 32 heavy (non-hydrogen) atoms. The normalized spacial score (nSPS) is 16.7. The number of anilines is 1. The molecule has 2 atom stereocenters. The van der Waals surface area contributed by atoms with Crippen LogP contribution in [0.1, 0.15) is 47.1 Å². The summed E-state index contributed by atoms with van der Waals surface area (Å²) in [6.07, 6.45) is 3.44. The highest BCUT2D eigenvalue weighted by atomic mass is 32.2. The molecule has 1 N–H and O–H groups in total. The van der Waals surface area contributed by atoms with Crippen LogP contribution in [0.5, 0.6) is 0 Å². The number of hydrogen-bond donors (Lipinski definition) is 1. The number of hydrogen-bond acceptors (Lipinski definition) is 4. The Morgan fingerprint density at radius 1 is 1.22 bits per heavy atom. The van der Waals surface area contributed by atoms with Crippen LogP contribution in [-0.2, 0) is 16.4 Å². The Balaban J connectivity index is 1.53. The Hall–Kier alpha value is -3.20. The molecule has 3 aromatic rings. The number of sulfonamides is 1. The lowest BCUT2D eigenvalue weighted by Gasteiger charge is -2.22. The lowest BCUT2D eigenvalue weighted by atomic mass is 10.1. The molecule has 1 aliphatic heterocycles. The summed E-state index contributed by atoms with van der Waals surface area (Å²) in [4.78, 5) is 12.9. The quantitative estimate of drug-likeness (QED) is 0.637. The number of nitrogens with one attached hydrogen (secondary N) is 1. The van der Waals surface area contributed by atoms with Gasteiger partial charge in [0.05, 0.1) is 29.9 Å². The summed E-state index contributed by atoms with van der Waals surface area (Å²) < 4.78 is 40.5. The number of rotatable bonds is 5. The second-order valence-corrected chi connectivity index (χ2v) is 10.1. The number of nitrogens with zero attached hydrogens (tertiary/aromatic N) is 3. The second-order valence-electron chi connectivity index (χ2n) is 8.22. The smallest absolute Gasteiger partial charge is 0.251 e. The highest BCUT2D eigenvalue weighted by molar-refractivity contribution is 7.92. The van der Waals surface area contributed by atoms with Crippen LogP contribution in [0.15, 0.2) is 48.7 Å². The summed E-state index contributed by atoms with van der Waals surface area (Å²) in [5.41, 5.74) is 4.36. The van der Waals surface area contributed by atoms with E-state index in [9.17, 15) is 17.6 Å². The molecular weight excluding hydrogens is 431 g/mol. The molecule has 1 aliphatic rings. The number of fused-ring (bicyclic) bond motifs is 1. The van der Waals surface area contributed by atoms with E-state index in [-0.39, 0.29) is 23.8 Å². The third-order valence-electron chi connectivity index (χ3n) is 5.79. The van der Waals surface area contributed by atoms with Crippen molar-refractivity contribution >= 4 is 21.6 Å². The molecule has 2 unspecified atom stereocenters. The van der Waals surface area contributed by atoms with Crippen LogP contribution in [0.4, 0.5) is 10.1 Å². The largest absolute Gasteiger partial charge is 0.345 e. The number of carbonyl (C=O) groups is 1. The summed E-state index contributed by atoms with van der Waals surface area (Å²) >= 11 is 0. The Morgan fingerprint density at radius 2 is 1.91 bits per heavy atom. The lowest BCUT2D eigenvalue weighted by molar-refractivity contribution is 0.0939. The van der Waals surface area contributed by atoms with Crippen molar-refractivity contribution in [2.45, 2.75) is 39.3 Å². The molecule has 0 spiro atoms. The Bertz CT molecular complexity index is 1290. The van der Waals surface area contributed by atoms with Gasteiger partial charge in [-0.1, -0.05) is 0 Å². The second kappa shape index (κ2) is 8.05. The van der Waals surface area contributed by atoms with Crippen molar-refractivity contribution in [1.29, 1.82) is 0 Å². The highest BCUT2D eigenvalue weighted by Crippen LogP contribution is 2.34. The van der Waals surface area contributed by atoms with Gasteiger partial charge in [0, 0.05) is 22.9 Å². The minimum absolute atomic E-state index is 0.183. The van der Waals surface area contributed by atoms with Gasteiger partial charge < -0.3 is 5.32 Å². The number of halogens is 1. The monoisotopic (exact) mass is 456 g/mol. The van der Waals surface area contributed by atoms with Crippen molar-refractivity contribution in [3.05, 3.63) is 76.9 Å². The van der Waals surface area contributed by atoms with E-state index in [1.807, 2.05) is 20.8 Å². The van der Waals surface area contributed by atoms with Gasteiger partial charge in [0.15, 0.2) is 0 Å². The average molecular weight is 457 g/mol. The first-order valence-electron chi connectivity index (χ1n) is 10.3. The van der Waals surface area contributed by atoms with Crippen molar-refractivity contribution in [1.82, 2.24) is 15.1 Å². The van der Waals surface area contributed by atoms with Gasteiger partial charge in [-0.05, 0) is 75.2 Å². The highest BCUT2D eigenvalue weighted by Gasteiger charge is 2.33. The molecule has 0 fully saturated rings. The summed E-state index contributed by atoms with van der Waals surface area (Å²) in [7, 11) is -3.38. The first kappa shape index (κ1) is 22.0. The van der Waals surface area contributed by atoms with Crippen molar-refractivity contribution in [2.24, 2.45) is 0 Å². The van der Waals surface area contributed by atoms with Crippen molar-refractivity contribution in [2.75, 3.05) is 10.6 Å². The van der Waals surface area contributed by atoms with Gasteiger partial charge in [-0.15, -0.1) is 0 Å². The number of amides is 1. The zero-order valence-electron chi connectivity index (χ0n) is 18.3. The Morgan fingerprint density at radius 3 is 2.56 bits per heavy atom. The van der Waals surface area contributed by atoms with E-state index in [0.29, 0.717) is 17.7 Å². The molecule has 0 saturated carbocycles. The molecule has 9 heteroatoms. The number of carbonyl (C=O) groups excluding carboxylic acids is 1. The molecular formula is C23H25FN4O3S. The molecule has 4 rings (SSSR count). The summed E-state index contributed by atoms with van der Waals surface area (Å²) in [6, 6.07) is 10.6. The maximum absolute atomic E-state index is 13.2. The molecule has 1 aromatic heterocycles. The van der Waals surface area contributed by atoms with E-state index in [1.165, 1.54) is 22.7 Å². The van der Waals surface area contributed by atoms with Crippen molar-refractivity contribution in [3.8, 4) is 5.69 Å². The molecule has 2 heterocycles. The zero-order chi connectivity index (χ0) is 23.2. The number of aromatic nitrogens is 2. The molecule has 0 bridgehead atoms. The third-order valence-corrected chi connectivity index (χ3v) is 7.06. The fourth-order valence-corrected chi connectivity index (χ4v) is 5.56. The average Bonchev–Trinajstić information content (AvgIpc) is 3.26. The van der Waals surface area contributed by atoms with Gasteiger partial charge in [-0.25, -0.2) is 17.5 Å². The van der Waals surface area contributed by atoms with Gasteiger partial charge in [-0.3, -0.25) is 9.10 Å². The van der Waals surface area contributed by atoms with Crippen molar-refractivity contribution < 1.29 is 17.6 Å². The maximum Gasteiger partial charge on any atom is 0.251 e. The SMILES string of the molecule is Cc1c(C(C)NC(=O)c2ccc3c(c2)CC(C)N3S(C)(=O)=O)cnn1-c1ccc(F)cc1. The minimum Gasteiger partial charge on any atom is -0.345 e. The Kier molecular flexibility index (Phi) is 5.54. The standard InChI is InChI=1S/C23H25FN4O3S/c1-14-11-18-12-17(5-10-22(18)28(14)32(4,30)31)23(29)26-15(2)21-13-25-27(16(21)3)20-8-6-19(24)7-9-20/h5-10,12-15H,11H2,1-4H3,(H,26,29). The van der Waals surface area contributed by atoms with Crippen LogP contribution in [-0.4, -0.2) is 36.4 Å². The summed E-state index contributed by atoms with van der Waals surface area (Å²) in [5, 5.41) is 7.37. The lowest BCUT2D eigenvalue weighted by Crippen LogP contribution is -2.34. The molecule has 1 amide bonds. The minimum atomic E-state index is -3.38. The van der Waals surface area contributed by atoms with Crippen LogP contribution >= 0.6 is 0 Å². The van der Waals surface area contributed by atoms with Crippen LogP contribution in [0.25, 0.3) is 5.69 Å². The van der Waals surface area contributed by atoms with E-state index in [4.69, 9.17) is 0 Å². The number of benzene rings is 2.